The predicted octanol–water partition coefficient (Wildman–Crippen LogP) is 3.29. The number of amides is 1. The summed E-state index contributed by atoms with van der Waals surface area (Å²) in [6.07, 6.45) is 6.23. The minimum Gasteiger partial charge on any atom is -0.351 e. The monoisotopic (exact) mass is 344 g/mol. The van der Waals surface area contributed by atoms with E-state index in [4.69, 9.17) is 0 Å². The summed E-state index contributed by atoms with van der Waals surface area (Å²) in [6.45, 7) is 7.95. The molecule has 0 radical (unpaired) electrons. The maximum atomic E-state index is 12.0. The van der Waals surface area contributed by atoms with Crippen molar-refractivity contribution >= 4 is 33.3 Å². The van der Waals surface area contributed by atoms with E-state index in [0.29, 0.717) is 12.1 Å². The number of fused-ring (bicyclic) bond motifs is 1. The van der Waals surface area contributed by atoms with E-state index in [1.165, 1.54) is 22.2 Å². The number of hydrogen-bond acceptors (Lipinski definition) is 5. The fraction of sp³-hybridized carbons (Fsp3) is 0.611. The van der Waals surface area contributed by atoms with E-state index >= 15 is 0 Å². The van der Waals surface area contributed by atoms with Crippen molar-refractivity contribution in [3.8, 4) is 0 Å². The molecule has 2 aliphatic heterocycles. The molecule has 2 fully saturated rings. The smallest absolute Gasteiger partial charge is 0.219 e. The van der Waals surface area contributed by atoms with Crippen LogP contribution in [0.4, 0.5) is 5.82 Å². The molecule has 2 aromatic heterocycles. The molecule has 2 atom stereocenters. The highest BCUT2D eigenvalue weighted by atomic mass is 32.1. The number of carbonyl (C=O) groups is 1. The van der Waals surface area contributed by atoms with Crippen LogP contribution in [0, 0.1) is 13.8 Å². The first-order chi connectivity index (χ1) is 11.6. The summed E-state index contributed by atoms with van der Waals surface area (Å²) in [5, 5.41) is 1.21. The van der Waals surface area contributed by atoms with Crippen molar-refractivity contribution in [3.05, 3.63) is 16.8 Å². The fourth-order valence-corrected chi connectivity index (χ4v) is 5.41. The fourth-order valence-electron chi connectivity index (χ4n) is 4.42. The highest BCUT2D eigenvalue weighted by Crippen LogP contribution is 2.39. The van der Waals surface area contributed by atoms with Crippen LogP contribution in [0.1, 0.15) is 43.0 Å². The second-order valence-electron chi connectivity index (χ2n) is 6.99. The average molecular weight is 344 g/mol. The van der Waals surface area contributed by atoms with E-state index in [2.05, 4.69) is 33.6 Å². The first-order valence-electron chi connectivity index (χ1n) is 8.82. The van der Waals surface area contributed by atoms with Crippen molar-refractivity contribution in [2.45, 2.75) is 58.5 Å². The van der Waals surface area contributed by atoms with Crippen molar-refractivity contribution < 1.29 is 4.79 Å². The van der Waals surface area contributed by atoms with E-state index in [0.717, 1.165) is 43.0 Å². The van der Waals surface area contributed by atoms with Gasteiger partial charge in [0.25, 0.3) is 0 Å². The Labute approximate surface area is 146 Å². The van der Waals surface area contributed by atoms with Gasteiger partial charge in [-0.1, -0.05) is 0 Å². The van der Waals surface area contributed by atoms with E-state index in [-0.39, 0.29) is 5.91 Å². The van der Waals surface area contributed by atoms with E-state index in [9.17, 15) is 4.79 Å². The Morgan fingerprint density at radius 1 is 1.17 bits per heavy atom. The van der Waals surface area contributed by atoms with Crippen molar-refractivity contribution in [2.75, 3.05) is 18.0 Å². The molecular weight excluding hydrogens is 320 g/mol. The number of hydrogen-bond donors (Lipinski definition) is 0. The Morgan fingerprint density at radius 3 is 2.71 bits per heavy atom. The number of thiophene rings is 1. The van der Waals surface area contributed by atoms with Gasteiger partial charge in [0.15, 0.2) is 0 Å². The van der Waals surface area contributed by atoms with Gasteiger partial charge in [-0.15, -0.1) is 11.3 Å². The van der Waals surface area contributed by atoms with Gasteiger partial charge in [0.1, 0.15) is 17.0 Å². The lowest BCUT2D eigenvalue weighted by Crippen LogP contribution is -2.48. The Hall–Kier alpha value is -1.69. The molecule has 0 spiro atoms. The van der Waals surface area contributed by atoms with E-state index in [1.54, 1.807) is 24.6 Å². The van der Waals surface area contributed by atoms with Gasteiger partial charge in [0, 0.05) is 24.9 Å². The molecule has 0 unspecified atom stereocenters. The number of rotatable bonds is 2. The zero-order chi connectivity index (χ0) is 16.8. The minimum absolute atomic E-state index is 0.208. The zero-order valence-corrected chi connectivity index (χ0v) is 15.4. The molecule has 0 bridgehead atoms. The quantitative estimate of drug-likeness (QED) is 0.839. The Morgan fingerprint density at radius 2 is 1.92 bits per heavy atom. The molecule has 6 heteroatoms. The van der Waals surface area contributed by atoms with Gasteiger partial charge in [-0.05, 0) is 45.1 Å². The Kier molecular flexibility index (Phi) is 3.95. The summed E-state index contributed by atoms with van der Waals surface area (Å²) in [4.78, 5) is 28.1. The number of nitrogens with zero attached hydrogens (tertiary/aromatic N) is 4. The molecule has 2 aliphatic rings. The van der Waals surface area contributed by atoms with Crippen LogP contribution in [0.15, 0.2) is 6.33 Å². The third-order valence-electron chi connectivity index (χ3n) is 5.66. The summed E-state index contributed by atoms with van der Waals surface area (Å²) in [6, 6.07) is 0.712. The molecule has 0 saturated carbocycles. The second kappa shape index (κ2) is 5.99. The third kappa shape index (κ3) is 2.39. The maximum absolute atomic E-state index is 12.0. The SMILES string of the molecule is CC(=O)N1CCC[C@@H]1[C@H]1CCCN1c1ncnc2sc(C)c(C)c12. The predicted molar refractivity (Wildman–Crippen MR) is 97.7 cm³/mol. The van der Waals surface area contributed by atoms with Crippen LogP contribution < -0.4 is 4.90 Å². The summed E-state index contributed by atoms with van der Waals surface area (Å²) in [5.74, 6) is 1.28. The lowest BCUT2D eigenvalue weighted by Gasteiger charge is -2.35. The number of aryl methyl sites for hydroxylation is 2. The molecular formula is C18H24N4OS. The van der Waals surface area contributed by atoms with Crippen LogP contribution in [0.2, 0.25) is 0 Å². The first-order valence-corrected chi connectivity index (χ1v) is 9.64. The largest absolute Gasteiger partial charge is 0.351 e. The van der Waals surface area contributed by atoms with Crippen molar-refractivity contribution in [3.63, 3.8) is 0 Å². The first kappa shape index (κ1) is 15.8. The molecule has 0 N–H and O–H groups in total. The molecule has 5 nitrogen and oxygen atoms in total. The summed E-state index contributed by atoms with van der Waals surface area (Å²) in [7, 11) is 0. The summed E-state index contributed by atoms with van der Waals surface area (Å²) in [5.41, 5.74) is 1.30. The standard InChI is InChI=1S/C18H24N4OS/c1-11-12(2)24-18-16(11)17(19-10-20-18)22-9-5-7-15(22)14-6-4-8-21(14)13(3)23/h10,14-15H,4-9H2,1-3H3/t14-,15-/m1/s1. The average Bonchev–Trinajstić information content (AvgIpc) is 3.26. The zero-order valence-electron chi connectivity index (χ0n) is 14.6. The molecule has 128 valence electrons. The number of likely N-dealkylation sites (tertiary alicyclic amines) is 1. The molecule has 4 rings (SSSR count). The molecule has 24 heavy (non-hydrogen) atoms. The Balaban J connectivity index is 1.75. The minimum atomic E-state index is 0.208. The molecule has 0 aliphatic carbocycles. The molecule has 2 aromatic rings. The molecule has 4 heterocycles. The summed E-state index contributed by atoms with van der Waals surface area (Å²) < 4.78 is 0. The van der Waals surface area contributed by atoms with Crippen LogP contribution in [0.5, 0.6) is 0 Å². The van der Waals surface area contributed by atoms with Crippen LogP contribution in [0.25, 0.3) is 10.2 Å². The normalized spacial score (nSPS) is 24.3. The maximum Gasteiger partial charge on any atom is 0.219 e. The molecule has 0 aromatic carbocycles. The lowest BCUT2D eigenvalue weighted by molar-refractivity contribution is -0.129. The van der Waals surface area contributed by atoms with Gasteiger partial charge < -0.3 is 9.80 Å². The Bertz CT molecular complexity index is 787. The summed E-state index contributed by atoms with van der Waals surface area (Å²) >= 11 is 1.75. The highest BCUT2D eigenvalue weighted by Gasteiger charge is 2.40. The number of aromatic nitrogens is 2. The second-order valence-corrected chi connectivity index (χ2v) is 8.19. The van der Waals surface area contributed by atoms with Gasteiger partial charge in [0.2, 0.25) is 5.91 Å². The molecule has 2 saturated heterocycles. The van der Waals surface area contributed by atoms with Crippen LogP contribution in [0.3, 0.4) is 0 Å². The van der Waals surface area contributed by atoms with Crippen LogP contribution in [-0.4, -0.2) is 45.9 Å². The lowest BCUT2D eigenvalue weighted by atomic mass is 10.0. The van der Waals surface area contributed by atoms with Gasteiger partial charge in [0.05, 0.1) is 17.5 Å². The number of carbonyl (C=O) groups excluding carboxylic acids is 1. The van der Waals surface area contributed by atoms with E-state index in [1.807, 2.05) is 0 Å². The van der Waals surface area contributed by atoms with Crippen molar-refractivity contribution in [1.29, 1.82) is 0 Å². The third-order valence-corrected chi connectivity index (χ3v) is 6.78. The number of anilines is 1. The van der Waals surface area contributed by atoms with Crippen molar-refractivity contribution in [2.24, 2.45) is 0 Å². The highest BCUT2D eigenvalue weighted by molar-refractivity contribution is 7.18. The van der Waals surface area contributed by atoms with Gasteiger partial charge in [-0.2, -0.15) is 0 Å². The molecule has 1 amide bonds. The van der Waals surface area contributed by atoms with Crippen molar-refractivity contribution in [1.82, 2.24) is 14.9 Å². The van der Waals surface area contributed by atoms with Crippen LogP contribution >= 0.6 is 11.3 Å². The van der Waals surface area contributed by atoms with Gasteiger partial charge >= 0.3 is 0 Å². The van der Waals surface area contributed by atoms with Gasteiger partial charge in [-0.25, -0.2) is 9.97 Å². The topological polar surface area (TPSA) is 49.3 Å². The van der Waals surface area contributed by atoms with Gasteiger partial charge in [-0.3, -0.25) is 4.79 Å². The van der Waals surface area contributed by atoms with Crippen LogP contribution in [-0.2, 0) is 4.79 Å². The van der Waals surface area contributed by atoms with E-state index < -0.39 is 0 Å².